The Kier molecular flexibility index (Phi) is 10.8. The zero-order valence-electron chi connectivity index (χ0n) is 26.3. The molecule has 2 fully saturated rings. The lowest BCUT2D eigenvalue weighted by atomic mass is 9.96. The number of nitrogens with one attached hydrogen (secondary N) is 2. The molecule has 2 N–H and O–H groups in total. The van der Waals surface area contributed by atoms with Crippen molar-refractivity contribution in [2.45, 2.75) is 84.0 Å². The molecule has 0 aliphatic carbocycles. The largest absolute Gasteiger partial charge is 0.351 e. The lowest BCUT2D eigenvalue weighted by Gasteiger charge is -2.38. The van der Waals surface area contributed by atoms with E-state index in [-0.39, 0.29) is 49.5 Å². The van der Waals surface area contributed by atoms with Crippen LogP contribution >= 0.6 is 8.53 Å². The number of urea groups is 1. The van der Waals surface area contributed by atoms with Crippen molar-refractivity contribution in [2.75, 3.05) is 32.1 Å². The first-order chi connectivity index (χ1) is 21.0. The van der Waals surface area contributed by atoms with Gasteiger partial charge in [-0.05, 0) is 53.2 Å². The Hall–Kier alpha value is -3.40. The summed E-state index contributed by atoms with van der Waals surface area (Å²) in [4.78, 5) is 48.7. The van der Waals surface area contributed by atoms with Gasteiger partial charge >= 0.3 is 11.7 Å². The number of aromatic nitrogens is 2. The first-order valence-electron chi connectivity index (χ1n) is 14.8. The number of likely N-dealkylation sites (tertiary alicyclic amines) is 1. The molecule has 3 heterocycles. The summed E-state index contributed by atoms with van der Waals surface area (Å²) >= 11 is 0. The summed E-state index contributed by atoms with van der Waals surface area (Å²) in [6.07, 6.45) is 0.542. The summed E-state index contributed by atoms with van der Waals surface area (Å²) in [7, 11) is -0.101. The standard InChI is InChI=1S/C30H42N7O6P/c1-9-30-18-36(28(39)32-8)23(24(30)43-44(41-16-15-31-7)37(19(2)3)20(4)5)27(42-30)35-17-21(6)25(34-29(35)40)33-26(38)22-13-11-10-12-14-22/h10-14,17,19-20,23-24,27H,9,15-16,18H2,1-6,8H3,(H,32,39)(H,33,34,38,40)/t23-,24+,27-,30+,44?/m1/s1. The molecule has 2 bridgehead atoms. The minimum atomic E-state index is -1.66. The molecular formula is C30H42N7O6P. The van der Waals surface area contributed by atoms with E-state index in [1.54, 1.807) is 49.3 Å². The van der Waals surface area contributed by atoms with Crippen LogP contribution in [0.1, 0.15) is 63.2 Å². The molecule has 1 unspecified atom stereocenters. The summed E-state index contributed by atoms with van der Waals surface area (Å²) in [6.45, 7) is 19.8. The number of carbonyl (C=O) groups is 2. The highest BCUT2D eigenvalue weighted by molar-refractivity contribution is 7.44. The van der Waals surface area contributed by atoms with Gasteiger partial charge in [-0.2, -0.15) is 4.98 Å². The van der Waals surface area contributed by atoms with Crippen LogP contribution in [0, 0.1) is 13.5 Å². The van der Waals surface area contributed by atoms with Gasteiger partial charge in [0.15, 0.2) is 6.23 Å². The Labute approximate surface area is 259 Å². The highest BCUT2D eigenvalue weighted by Gasteiger charge is 2.66. The lowest BCUT2D eigenvalue weighted by Crippen LogP contribution is -2.52. The van der Waals surface area contributed by atoms with Crippen LogP contribution in [0.5, 0.6) is 0 Å². The molecule has 13 nitrogen and oxygen atoms in total. The number of rotatable bonds is 12. The number of morpholine rings is 1. The molecule has 2 aliphatic heterocycles. The van der Waals surface area contributed by atoms with Gasteiger partial charge in [-0.15, -0.1) is 0 Å². The number of fused-ring (bicyclic) bond motifs is 2. The third-order valence-corrected chi connectivity index (χ3v) is 9.99. The van der Waals surface area contributed by atoms with Crippen LogP contribution in [0.4, 0.5) is 10.6 Å². The number of aryl methyl sites for hydroxylation is 1. The maximum atomic E-state index is 13.5. The van der Waals surface area contributed by atoms with Crippen molar-refractivity contribution in [3.8, 4) is 0 Å². The predicted octanol–water partition coefficient (Wildman–Crippen LogP) is 4.17. The number of anilines is 1. The van der Waals surface area contributed by atoms with Gasteiger partial charge in [-0.3, -0.25) is 9.36 Å². The van der Waals surface area contributed by atoms with E-state index < -0.39 is 38.2 Å². The van der Waals surface area contributed by atoms with Crippen molar-refractivity contribution in [1.82, 2.24) is 24.4 Å². The van der Waals surface area contributed by atoms with Crippen molar-refractivity contribution < 1.29 is 23.4 Å². The Morgan fingerprint density at radius 3 is 2.52 bits per heavy atom. The molecule has 238 valence electrons. The van der Waals surface area contributed by atoms with Crippen LogP contribution in [0.2, 0.25) is 0 Å². The zero-order chi connectivity index (χ0) is 32.2. The molecular weight excluding hydrogens is 585 g/mol. The highest BCUT2D eigenvalue weighted by Crippen LogP contribution is 2.56. The molecule has 5 atom stereocenters. The number of amides is 3. The van der Waals surface area contributed by atoms with Gasteiger partial charge < -0.3 is 34.2 Å². The molecule has 2 aromatic rings. The van der Waals surface area contributed by atoms with Gasteiger partial charge in [-0.25, -0.2) is 20.8 Å². The molecule has 2 saturated heterocycles. The highest BCUT2D eigenvalue weighted by atomic mass is 31.2. The molecule has 0 spiro atoms. The number of nitrogens with zero attached hydrogens (tertiary/aromatic N) is 5. The molecule has 14 heteroatoms. The fourth-order valence-corrected chi connectivity index (χ4v) is 7.64. The van der Waals surface area contributed by atoms with E-state index in [2.05, 4.69) is 52.8 Å². The van der Waals surface area contributed by atoms with Crippen molar-refractivity contribution >= 4 is 26.3 Å². The molecule has 3 amide bonds. The number of benzene rings is 1. The first kappa shape index (κ1) is 33.5. The lowest BCUT2D eigenvalue weighted by molar-refractivity contribution is -0.129. The van der Waals surface area contributed by atoms with E-state index in [0.717, 1.165) is 0 Å². The van der Waals surface area contributed by atoms with Crippen molar-refractivity contribution in [3.63, 3.8) is 0 Å². The zero-order valence-corrected chi connectivity index (χ0v) is 27.2. The maximum Gasteiger partial charge on any atom is 0.351 e. The second-order valence-electron chi connectivity index (χ2n) is 11.4. The first-order valence-corrected chi connectivity index (χ1v) is 15.9. The van der Waals surface area contributed by atoms with Crippen LogP contribution in [-0.2, 0) is 13.8 Å². The van der Waals surface area contributed by atoms with Crippen LogP contribution in [-0.4, -0.2) is 87.6 Å². The quantitative estimate of drug-likeness (QED) is 0.204. The Bertz CT molecular complexity index is 1420. The van der Waals surface area contributed by atoms with Gasteiger partial charge in [-0.1, -0.05) is 25.1 Å². The van der Waals surface area contributed by atoms with Gasteiger partial charge in [0, 0.05) is 36.5 Å². The molecule has 4 rings (SSSR count). The van der Waals surface area contributed by atoms with Crippen molar-refractivity contribution in [3.05, 3.63) is 69.6 Å². The molecule has 1 aromatic carbocycles. The van der Waals surface area contributed by atoms with E-state index in [1.165, 1.54) is 4.57 Å². The fraction of sp³-hybridized carbons (Fsp3) is 0.567. The number of hydrogen-bond acceptors (Lipinski definition) is 8. The SMILES string of the molecule is [C-]#[N+]CCOP(O[C@H]1[C@@H]2[C@H](n3cc(C)c(NC(=O)c4ccccc4)nc3=O)O[C@@]1(CC)CN2C(=O)NC)N(C(C)C)C(C)C. The number of carbonyl (C=O) groups excluding carboxylic acids is 2. The third kappa shape index (κ3) is 6.65. The second kappa shape index (κ2) is 14.1. The van der Waals surface area contributed by atoms with Gasteiger partial charge in [0.1, 0.15) is 30.2 Å². The van der Waals surface area contributed by atoms with E-state index in [0.29, 0.717) is 17.5 Å². The van der Waals surface area contributed by atoms with Crippen LogP contribution in [0.25, 0.3) is 4.85 Å². The van der Waals surface area contributed by atoms with Crippen molar-refractivity contribution in [1.29, 1.82) is 0 Å². The molecule has 1 aromatic heterocycles. The minimum absolute atomic E-state index is 0.0746. The summed E-state index contributed by atoms with van der Waals surface area (Å²) in [5.41, 5.74) is -0.587. The summed E-state index contributed by atoms with van der Waals surface area (Å²) in [6, 6.07) is 7.81. The van der Waals surface area contributed by atoms with Crippen LogP contribution < -0.4 is 16.3 Å². The van der Waals surface area contributed by atoms with Gasteiger partial charge in [0.25, 0.3) is 14.4 Å². The molecule has 0 radical (unpaired) electrons. The average molecular weight is 628 g/mol. The minimum Gasteiger partial charge on any atom is -0.344 e. The van der Waals surface area contributed by atoms with Crippen LogP contribution in [0.3, 0.4) is 0 Å². The smallest absolute Gasteiger partial charge is 0.344 e. The van der Waals surface area contributed by atoms with E-state index in [9.17, 15) is 14.4 Å². The normalized spacial score (nSPS) is 23.3. The van der Waals surface area contributed by atoms with Gasteiger partial charge in [0.2, 0.25) is 6.54 Å². The fourth-order valence-electron chi connectivity index (χ4n) is 5.83. The third-order valence-electron chi connectivity index (χ3n) is 7.88. The monoisotopic (exact) mass is 627 g/mol. The van der Waals surface area contributed by atoms with Crippen LogP contribution in [0.15, 0.2) is 41.3 Å². The van der Waals surface area contributed by atoms with E-state index in [4.69, 9.17) is 20.4 Å². The predicted molar refractivity (Wildman–Crippen MR) is 167 cm³/mol. The Morgan fingerprint density at radius 2 is 1.93 bits per heavy atom. The summed E-state index contributed by atoms with van der Waals surface area (Å²) in [5, 5.41) is 5.43. The van der Waals surface area contributed by atoms with E-state index in [1.807, 2.05) is 13.0 Å². The maximum absolute atomic E-state index is 13.5. The Morgan fingerprint density at radius 1 is 1.25 bits per heavy atom. The number of ether oxygens (including phenoxy) is 1. The second-order valence-corrected chi connectivity index (χ2v) is 12.8. The topological polar surface area (TPSA) is 132 Å². The summed E-state index contributed by atoms with van der Waals surface area (Å²) in [5.74, 6) is -0.240. The average Bonchev–Trinajstić information content (AvgIpc) is 3.48. The van der Waals surface area contributed by atoms with E-state index >= 15 is 0 Å². The van der Waals surface area contributed by atoms with Crippen molar-refractivity contribution in [2.24, 2.45) is 0 Å². The molecule has 0 saturated carbocycles. The summed E-state index contributed by atoms with van der Waals surface area (Å²) < 4.78 is 23.2. The van der Waals surface area contributed by atoms with Gasteiger partial charge in [0.05, 0.1) is 6.54 Å². The molecule has 44 heavy (non-hydrogen) atoms. The number of hydrogen-bond donors (Lipinski definition) is 2. The Balaban J connectivity index is 1.71. The molecule has 2 aliphatic rings.